The van der Waals surface area contributed by atoms with Crippen LogP contribution in [-0.2, 0) is 0 Å². The Morgan fingerprint density at radius 3 is 2.42 bits per heavy atom. The number of rotatable bonds is 2. The molecule has 0 aliphatic heterocycles. The summed E-state index contributed by atoms with van der Waals surface area (Å²) < 4.78 is 0. The van der Waals surface area contributed by atoms with Gasteiger partial charge in [-0.3, -0.25) is 0 Å². The average Bonchev–Trinajstić information content (AvgIpc) is 2.46. The van der Waals surface area contributed by atoms with Gasteiger partial charge < -0.3 is 10.6 Å². The van der Waals surface area contributed by atoms with Gasteiger partial charge in [-0.1, -0.05) is 0 Å². The molecular formula is C14H11N5. The first-order chi connectivity index (χ1) is 9.15. The van der Waals surface area contributed by atoms with E-state index in [2.05, 4.69) is 17.1 Å². The average molecular weight is 249 g/mol. The summed E-state index contributed by atoms with van der Waals surface area (Å²) in [4.78, 5) is 5.96. The van der Waals surface area contributed by atoms with Crippen molar-refractivity contribution in [1.29, 1.82) is 10.5 Å². The minimum Gasteiger partial charge on any atom is -0.397 e. The predicted octanol–water partition coefficient (Wildman–Crippen LogP) is 2.18. The van der Waals surface area contributed by atoms with Crippen molar-refractivity contribution in [1.82, 2.24) is 4.98 Å². The summed E-state index contributed by atoms with van der Waals surface area (Å²) in [5.41, 5.74) is 7.90. The first-order valence-corrected chi connectivity index (χ1v) is 5.55. The van der Waals surface area contributed by atoms with E-state index in [-0.39, 0.29) is 0 Å². The van der Waals surface area contributed by atoms with Crippen LogP contribution in [-0.4, -0.2) is 12.0 Å². The summed E-state index contributed by atoms with van der Waals surface area (Å²) in [6, 6.07) is 12.8. The van der Waals surface area contributed by atoms with Gasteiger partial charge in [0.15, 0.2) is 5.82 Å². The van der Waals surface area contributed by atoms with E-state index in [9.17, 15) is 0 Å². The first-order valence-electron chi connectivity index (χ1n) is 5.55. The van der Waals surface area contributed by atoms with Crippen molar-refractivity contribution in [3.63, 3.8) is 0 Å². The second-order valence-corrected chi connectivity index (χ2v) is 3.97. The first kappa shape index (κ1) is 12.4. The van der Waals surface area contributed by atoms with Gasteiger partial charge in [0.25, 0.3) is 0 Å². The van der Waals surface area contributed by atoms with Gasteiger partial charge in [-0.15, -0.1) is 0 Å². The van der Waals surface area contributed by atoms with Crippen LogP contribution in [0.4, 0.5) is 17.2 Å². The lowest BCUT2D eigenvalue weighted by Gasteiger charge is -2.19. The lowest BCUT2D eigenvalue weighted by molar-refractivity contribution is 1.12. The van der Waals surface area contributed by atoms with E-state index in [1.165, 1.54) is 6.20 Å². The number of hydrogen-bond donors (Lipinski definition) is 1. The minimum absolute atomic E-state index is 0.409. The lowest BCUT2D eigenvalue weighted by atomic mass is 10.2. The third-order valence-electron chi connectivity index (χ3n) is 2.71. The molecular weight excluding hydrogens is 238 g/mol. The van der Waals surface area contributed by atoms with Crippen molar-refractivity contribution >= 4 is 17.2 Å². The molecule has 0 spiro atoms. The second-order valence-electron chi connectivity index (χ2n) is 3.97. The molecule has 2 aromatic rings. The highest BCUT2D eigenvalue weighted by molar-refractivity contribution is 5.67. The van der Waals surface area contributed by atoms with Crippen molar-refractivity contribution in [2.24, 2.45) is 0 Å². The summed E-state index contributed by atoms with van der Waals surface area (Å²) in [7, 11) is 1.81. The fourth-order valence-electron chi connectivity index (χ4n) is 1.71. The van der Waals surface area contributed by atoms with Crippen molar-refractivity contribution < 1.29 is 0 Å². The molecule has 1 aromatic heterocycles. The zero-order valence-electron chi connectivity index (χ0n) is 10.3. The summed E-state index contributed by atoms with van der Waals surface area (Å²) in [6.45, 7) is 0. The zero-order valence-corrected chi connectivity index (χ0v) is 10.3. The van der Waals surface area contributed by atoms with E-state index in [4.69, 9.17) is 16.3 Å². The van der Waals surface area contributed by atoms with E-state index in [0.29, 0.717) is 22.6 Å². The number of hydrogen-bond acceptors (Lipinski definition) is 5. The van der Waals surface area contributed by atoms with E-state index in [0.717, 1.165) is 5.69 Å². The summed E-state index contributed by atoms with van der Waals surface area (Å²) in [6.07, 6.45) is 1.51. The molecule has 0 amide bonds. The molecule has 19 heavy (non-hydrogen) atoms. The Balaban J connectivity index is 2.41. The largest absolute Gasteiger partial charge is 0.397 e. The van der Waals surface area contributed by atoms with Crippen molar-refractivity contribution in [3.05, 3.63) is 47.7 Å². The van der Waals surface area contributed by atoms with Crippen LogP contribution in [0.2, 0.25) is 0 Å². The molecule has 92 valence electrons. The molecule has 5 heteroatoms. The molecule has 0 radical (unpaired) electrons. The van der Waals surface area contributed by atoms with Crippen molar-refractivity contribution in [2.75, 3.05) is 17.7 Å². The zero-order chi connectivity index (χ0) is 13.8. The van der Waals surface area contributed by atoms with Crippen LogP contribution < -0.4 is 10.6 Å². The Bertz CT molecular complexity index is 676. The number of aromatic nitrogens is 1. The van der Waals surface area contributed by atoms with Gasteiger partial charge in [0.2, 0.25) is 0 Å². The number of anilines is 3. The molecule has 5 nitrogen and oxygen atoms in total. The molecule has 0 aliphatic carbocycles. The van der Waals surface area contributed by atoms with Gasteiger partial charge in [-0.05, 0) is 30.3 Å². The summed E-state index contributed by atoms with van der Waals surface area (Å²) in [5, 5.41) is 17.9. The molecule has 2 rings (SSSR count). The number of nitrogen functional groups attached to an aromatic ring is 1. The van der Waals surface area contributed by atoms with Crippen LogP contribution >= 0.6 is 0 Å². The van der Waals surface area contributed by atoms with Crippen LogP contribution in [0.3, 0.4) is 0 Å². The van der Waals surface area contributed by atoms with Crippen LogP contribution in [0.5, 0.6) is 0 Å². The van der Waals surface area contributed by atoms with Crippen LogP contribution in [0.1, 0.15) is 11.1 Å². The number of benzene rings is 1. The predicted molar refractivity (Wildman–Crippen MR) is 72.6 cm³/mol. The Kier molecular flexibility index (Phi) is 3.31. The highest BCUT2D eigenvalue weighted by Crippen LogP contribution is 2.25. The fraction of sp³-hybridized carbons (Fsp3) is 0.0714. The molecule has 1 aromatic carbocycles. The van der Waals surface area contributed by atoms with Crippen molar-refractivity contribution in [2.45, 2.75) is 0 Å². The molecule has 2 N–H and O–H groups in total. The summed E-state index contributed by atoms with van der Waals surface area (Å²) in [5.74, 6) is 0.529. The number of nitrogens with zero attached hydrogens (tertiary/aromatic N) is 4. The van der Waals surface area contributed by atoms with Gasteiger partial charge >= 0.3 is 0 Å². The van der Waals surface area contributed by atoms with Crippen LogP contribution in [0.15, 0.2) is 36.5 Å². The van der Waals surface area contributed by atoms with Crippen LogP contribution in [0.25, 0.3) is 0 Å². The van der Waals surface area contributed by atoms with Crippen molar-refractivity contribution in [3.8, 4) is 12.1 Å². The number of nitrogens with two attached hydrogens (primary N) is 1. The maximum Gasteiger partial charge on any atom is 0.150 e. The standard InChI is InChI=1S/C14H11N5/c1-19(13-4-2-10(7-15)3-5-13)14-11(8-16)6-12(17)9-18-14/h2-6,9H,17H2,1H3. The van der Waals surface area contributed by atoms with E-state index in [1.54, 1.807) is 42.3 Å². The van der Waals surface area contributed by atoms with E-state index in [1.807, 2.05) is 0 Å². The minimum atomic E-state index is 0.409. The highest BCUT2D eigenvalue weighted by Gasteiger charge is 2.11. The second kappa shape index (κ2) is 5.07. The Hall–Kier alpha value is -3.05. The SMILES string of the molecule is CN(c1ccc(C#N)cc1)c1ncc(N)cc1C#N. The fourth-order valence-corrected chi connectivity index (χ4v) is 1.71. The topological polar surface area (TPSA) is 89.7 Å². The molecule has 0 fully saturated rings. The number of pyridine rings is 1. The van der Waals surface area contributed by atoms with Gasteiger partial charge in [-0.25, -0.2) is 4.98 Å². The molecule has 0 saturated carbocycles. The highest BCUT2D eigenvalue weighted by atomic mass is 15.2. The van der Waals surface area contributed by atoms with Gasteiger partial charge in [0.05, 0.1) is 29.1 Å². The maximum absolute atomic E-state index is 9.11. The Labute approximate surface area is 111 Å². The monoisotopic (exact) mass is 249 g/mol. The molecule has 0 unspecified atom stereocenters. The van der Waals surface area contributed by atoms with E-state index < -0.39 is 0 Å². The molecule has 0 atom stereocenters. The third kappa shape index (κ3) is 2.46. The molecule has 1 heterocycles. The smallest absolute Gasteiger partial charge is 0.150 e. The van der Waals surface area contributed by atoms with E-state index >= 15 is 0 Å². The number of nitriles is 2. The lowest BCUT2D eigenvalue weighted by Crippen LogP contribution is -2.13. The maximum atomic E-state index is 9.11. The van der Waals surface area contributed by atoms with Gasteiger partial charge in [-0.2, -0.15) is 10.5 Å². The Morgan fingerprint density at radius 2 is 1.84 bits per heavy atom. The normalized spacial score (nSPS) is 9.42. The van der Waals surface area contributed by atoms with Crippen LogP contribution in [0, 0.1) is 22.7 Å². The molecule has 0 aliphatic rings. The van der Waals surface area contributed by atoms with Gasteiger partial charge in [0.1, 0.15) is 6.07 Å². The molecule has 0 saturated heterocycles. The Morgan fingerprint density at radius 1 is 1.16 bits per heavy atom. The quantitative estimate of drug-likeness (QED) is 0.880. The third-order valence-corrected chi connectivity index (χ3v) is 2.71. The summed E-state index contributed by atoms with van der Waals surface area (Å²) >= 11 is 0. The van der Waals surface area contributed by atoms with Gasteiger partial charge in [0, 0.05) is 12.7 Å². The molecule has 0 bridgehead atoms.